The van der Waals surface area contributed by atoms with Gasteiger partial charge < -0.3 is 26.0 Å². The maximum atomic E-state index is 10.6. The smallest absolute Gasteiger partial charge is 0.222 e. The lowest BCUT2D eigenvalue weighted by atomic mass is 9.84. The van der Waals surface area contributed by atoms with Crippen LogP contribution in [0.1, 0.15) is 23.1 Å². The van der Waals surface area contributed by atoms with Crippen LogP contribution < -0.4 is 10.6 Å². The van der Waals surface area contributed by atoms with Gasteiger partial charge in [0.1, 0.15) is 10.0 Å². The highest BCUT2D eigenvalue weighted by molar-refractivity contribution is 7.09. The van der Waals surface area contributed by atoms with Crippen molar-refractivity contribution in [2.45, 2.75) is 17.9 Å². The lowest BCUT2D eigenvalue weighted by Gasteiger charge is -2.26. The first kappa shape index (κ1) is 21.5. The molecule has 0 aliphatic carbocycles. The Bertz CT molecular complexity index is 1170. The number of aliphatic hydroxyl groups is 3. The van der Waals surface area contributed by atoms with Crippen LogP contribution in [0.4, 0.5) is 17.5 Å². The standard InChI is InChI=1S/C21H20ClN5O3S/c1-20(30,18-24-6-7-31-18)5-4-13-2-3-14-16(8-13)27(10-21(14,11-28)12-29)17-15(22)9-25-19(23)26-17/h2-3,6-9,28-30H,10-12H2,1H3,(H2,23,25,26)/t20-/m1/s1. The van der Waals surface area contributed by atoms with Crippen LogP contribution in [-0.2, 0) is 11.0 Å². The molecular weight excluding hydrogens is 438 g/mol. The summed E-state index contributed by atoms with van der Waals surface area (Å²) in [5, 5.41) is 33.4. The average Bonchev–Trinajstić information content (AvgIpc) is 3.41. The number of benzene rings is 1. The number of nitrogens with zero attached hydrogens (tertiary/aromatic N) is 4. The van der Waals surface area contributed by atoms with Gasteiger partial charge in [0.2, 0.25) is 5.95 Å². The Hall–Kier alpha value is -2.74. The van der Waals surface area contributed by atoms with Crippen molar-refractivity contribution < 1.29 is 15.3 Å². The fourth-order valence-corrected chi connectivity index (χ4v) is 4.38. The van der Waals surface area contributed by atoms with E-state index in [0.29, 0.717) is 22.1 Å². The van der Waals surface area contributed by atoms with Crippen LogP contribution in [0, 0.1) is 11.8 Å². The summed E-state index contributed by atoms with van der Waals surface area (Å²) in [6.45, 7) is 1.30. The summed E-state index contributed by atoms with van der Waals surface area (Å²) in [5.74, 6) is 6.28. The van der Waals surface area contributed by atoms with Crippen LogP contribution in [0.3, 0.4) is 0 Å². The number of nitrogens with two attached hydrogens (primary N) is 1. The molecule has 0 unspecified atom stereocenters. The lowest BCUT2D eigenvalue weighted by Crippen LogP contribution is -2.39. The maximum absolute atomic E-state index is 10.6. The average molecular weight is 458 g/mol. The largest absolute Gasteiger partial charge is 0.395 e. The van der Waals surface area contributed by atoms with E-state index in [-0.39, 0.29) is 30.7 Å². The van der Waals surface area contributed by atoms with E-state index < -0.39 is 11.0 Å². The van der Waals surface area contributed by atoms with Crippen molar-refractivity contribution in [3.63, 3.8) is 0 Å². The first-order chi connectivity index (χ1) is 14.8. The molecule has 3 aromatic rings. The molecule has 1 aromatic carbocycles. The zero-order valence-electron chi connectivity index (χ0n) is 16.6. The zero-order chi connectivity index (χ0) is 22.2. The predicted octanol–water partition coefficient (Wildman–Crippen LogP) is 1.80. The second-order valence-electron chi connectivity index (χ2n) is 7.47. The summed E-state index contributed by atoms with van der Waals surface area (Å²) >= 11 is 7.65. The number of nitrogen functional groups attached to an aromatic ring is 1. The molecule has 0 saturated heterocycles. The number of hydrogen-bond donors (Lipinski definition) is 4. The van der Waals surface area contributed by atoms with Crippen LogP contribution in [0.25, 0.3) is 0 Å². The van der Waals surface area contributed by atoms with Gasteiger partial charge in [-0.2, -0.15) is 4.98 Å². The maximum Gasteiger partial charge on any atom is 0.222 e. The van der Waals surface area contributed by atoms with Crippen LogP contribution in [0.2, 0.25) is 5.02 Å². The highest BCUT2D eigenvalue weighted by Gasteiger charge is 2.43. The molecule has 1 aliphatic rings. The molecule has 2 aromatic heterocycles. The van der Waals surface area contributed by atoms with Crippen molar-refractivity contribution in [3.05, 3.63) is 57.1 Å². The molecule has 5 N–H and O–H groups in total. The number of hydrogen-bond acceptors (Lipinski definition) is 9. The van der Waals surface area contributed by atoms with Gasteiger partial charge in [-0.25, -0.2) is 9.97 Å². The van der Waals surface area contributed by atoms with Crippen molar-refractivity contribution in [3.8, 4) is 11.8 Å². The summed E-state index contributed by atoms with van der Waals surface area (Å²) in [6, 6.07) is 5.40. The zero-order valence-corrected chi connectivity index (χ0v) is 18.2. The summed E-state index contributed by atoms with van der Waals surface area (Å²) in [5.41, 5.74) is 5.51. The Morgan fingerprint density at radius 1 is 1.32 bits per heavy atom. The van der Waals surface area contributed by atoms with Crippen LogP contribution in [-0.4, -0.2) is 50.0 Å². The summed E-state index contributed by atoms with van der Waals surface area (Å²) in [4.78, 5) is 14.1. The van der Waals surface area contributed by atoms with Crippen molar-refractivity contribution in [2.24, 2.45) is 0 Å². The van der Waals surface area contributed by atoms with Crippen molar-refractivity contribution in [1.82, 2.24) is 15.0 Å². The Balaban J connectivity index is 1.80. The topological polar surface area (TPSA) is 129 Å². The molecule has 8 nitrogen and oxygen atoms in total. The molecular formula is C21H20ClN5O3S. The molecule has 0 amide bonds. The Morgan fingerprint density at radius 3 is 2.77 bits per heavy atom. The van der Waals surface area contributed by atoms with Crippen molar-refractivity contribution in [1.29, 1.82) is 0 Å². The molecule has 0 fully saturated rings. The van der Waals surface area contributed by atoms with E-state index in [0.717, 1.165) is 5.56 Å². The number of aliphatic hydroxyl groups excluding tert-OH is 2. The van der Waals surface area contributed by atoms with E-state index in [1.165, 1.54) is 17.5 Å². The Labute approximate surface area is 188 Å². The lowest BCUT2D eigenvalue weighted by molar-refractivity contribution is 0.122. The van der Waals surface area contributed by atoms with Gasteiger partial charge >= 0.3 is 0 Å². The summed E-state index contributed by atoms with van der Waals surface area (Å²) < 4.78 is 0. The molecule has 0 spiro atoms. The number of rotatable bonds is 4. The van der Waals surface area contributed by atoms with E-state index in [1.54, 1.807) is 29.5 Å². The first-order valence-electron chi connectivity index (χ1n) is 9.37. The highest BCUT2D eigenvalue weighted by atomic mass is 35.5. The highest BCUT2D eigenvalue weighted by Crippen LogP contribution is 2.45. The van der Waals surface area contributed by atoms with Gasteiger partial charge in [0.05, 0.1) is 24.8 Å². The number of aromatic nitrogens is 3. The van der Waals surface area contributed by atoms with E-state index >= 15 is 0 Å². The minimum absolute atomic E-state index is 0.0573. The Kier molecular flexibility index (Phi) is 5.60. The van der Waals surface area contributed by atoms with E-state index in [9.17, 15) is 15.3 Å². The SMILES string of the molecule is C[C@@](O)(C#Cc1ccc2c(c1)N(c1nc(N)ncc1Cl)CC2(CO)CO)c1nccs1. The second kappa shape index (κ2) is 8.07. The molecule has 1 atom stereocenters. The van der Waals surface area contributed by atoms with Crippen molar-refractivity contribution >= 4 is 40.4 Å². The van der Waals surface area contributed by atoms with Gasteiger partial charge in [-0.05, 0) is 24.6 Å². The molecule has 0 bridgehead atoms. The summed E-state index contributed by atoms with van der Waals surface area (Å²) in [6.07, 6.45) is 3.02. The predicted molar refractivity (Wildman–Crippen MR) is 119 cm³/mol. The molecule has 3 heterocycles. The van der Waals surface area contributed by atoms with Crippen LogP contribution in [0.5, 0.6) is 0 Å². The molecule has 4 rings (SSSR count). The van der Waals surface area contributed by atoms with E-state index in [1.807, 2.05) is 12.1 Å². The minimum atomic E-state index is -1.39. The van der Waals surface area contributed by atoms with E-state index in [2.05, 4.69) is 26.8 Å². The van der Waals surface area contributed by atoms with Crippen molar-refractivity contribution in [2.75, 3.05) is 30.4 Å². The van der Waals surface area contributed by atoms with Crippen LogP contribution in [0.15, 0.2) is 36.0 Å². The summed E-state index contributed by atoms with van der Waals surface area (Å²) in [7, 11) is 0. The van der Waals surface area contributed by atoms with Crippen LogP contribution >= 0.6 is 22.9 Å². The molecule has 31 heavy (non-hydrogen) atoms. The molecule has 10 heteroatoms. The van der Waals surface area contributed by atoms with Gasteiger partial charge in [0, 0.05) is 29.4 Å². The normalized spacial score (nSPS) is 16.4. The molecule has 0 saturated carbocycles. The third-order valence-corrected chi connectivity index (χ3v) is 6.48. The number of thiazole rings is 1. The fourth-order valence-electron chi connectivity index (χ4n) is 3.54. The number of fused-ring (bicyclic) bond motifs is 1. The van der Waals surface area contributed by atoms with Gasteiger partial charge in [-0.3, -0.25) is 0 Å². The number of halogens is 1. The van der Waals surface area contributed by atoms with Gasteiger partial charge in [-0.1, -0.05) is 29.5 Å². The monoisotopic (exact) mass is 457 g/mol. The third kappa shape index (κ3) is 3.84. The molecule has 1 aliphatic heterocycles. The van der Waals surface area contributed by atoms with Gasteiger partial charge in [0.25, 0.3) is 0 Å². The second-order valence-corrected chi connectivity index (χ2v) is 8.78. The Morgan fingerprint density at radius 2 is 2.10 bits per heavy atom. The molecule has 160 valence electrons. The molecule has 0 radical (unpaired) electrons. The van der Waals surface area contributed by atoms with Gasteiger partial charge in [0.15, 0.2) is 11.4 Å². The van der Waals surface area contributed by atoms with E-state index in [4.69, 9.17) is 17.3 Å². The number of anilines is 3. The first-order valence-corrected chi connectivity index (χ1v) is 10.6. The van der Waals surface area contributed by atoms with Gasteiger partial charge in [-0.15, -0.1) is 11.3 Å². The quantitative estimate of drug-likeness (QED) is 0.436. The third-order valence-electron chi connectivity index (χ3n) is 5.22. The fraction of sp³-hybridized carbons (Fsp3) is 0.286. The minimum Gasteiger partial charge on any atom is -0.395 e.